The van der Waals surface area contributed by atoms with Crippen LogP contribution in [0.15, 0.2) is 34.2 Å². The van der Waals surface area contributed by atoms with E-state index in [1.165, 1.54) is 29.7 Å². The molecule has 0 saturated carbocycles. The topological polar surface area (TPSA) is 91.9 Å². The number of aromatic nitrogens is 2. The van der Waals surface area contributed by atoms with Crippen molar-refractivity contribution >= 4 is 21.4 Å². The molecule has 1 atom stereocenters. The fraction of sp³-hybridized carbons (Fsp3) is 0.273. The first-order chi connectivity index (χ1) is 8.88. The third-order valence-corrected chi connectivity index (χ3v) is 5.04. The van der Waals surface area contributed by atoms with Crippen molar-refractivity contribution in [3.05, 3.63) is 44.8 Å². The van der Waals surface area contributed by atoms with Crippen LogP contribution < -0.4 is 10.3 Å². The van der Waals surface area contributed by atoms with Gasteiger partial charge >= 0.3 is 0 Å². The Morgan fingerprint density at radius 2 is 2.16 bits per heavy atom. The monoisotopic (exact) mass is 299 g/mol. The van der Waals surface area contributed by atoms with Crippen molar-refractivity contribution in [3.63, 3.8) is 0 Å². The molecule has 0 aliphatic carbocycles. The van der Waals surface area contributed by atoms with Crippen molar-refractivity contribution in [3.8, 4) is 0 Å². The summed E-state index contributed by atoms with van der Waals surface area (Å²) in [7, 11) is -3.67. The van der Waals surface area contributed by atoms with Gasteiger partial charge in [-0.05, 0) is 19.9 Å². The van der Waals surface area contributed by atoms with Gasteiger partial charge < -0.3 is 4.98 Å². The number of thiazole rings is 1. The van der Waals surface area contributed by atoms with Crippen molar-refractivity contribution in [1.29, 1.82) is 0 Å². The summed E-state index contributed by atoms with van der Waals surface area (Å²) in [6, 6.07) is 2.02. The molecule has 0 aliphatic rings. The van der Waals surface area contributed by atoms with Crippen LogP contribution in [0.5, 0.6) is 0 Å². The summed E-state index contributed by atoms with van der Waals surface area (Å²) in [5.74, 6) is 0. The van der Waals surface area contributed by atoms with Gasteiger partial charge in [0.05, 0.1) is 10.9 Å². The van der Waals surface area contributed by atoms with E-state index < -0.39 is 16.1 Å². The molecule has 0 bridgehead atoms. The summed E-state index contributed by atoms with van der Waals surface area (Å²) in [4.78, 5) is 18.4. The largest absolute Gasteiger partial charge is 0.328 e. The van der Waals surface area contributed by atoms with E-state index in [2.05, 4.69) is 14.7 Å². The summed E-state index contributed by atoms with van der Waals surface area (Å²) in [6.07, 6.45) is 2.87. The van der Waals surface area contributed by atoms with Crippen molar-refractivity contribution in [2.75, 3.05) is 0 Å². The van der Waals surface area contributed by atoms with E-state index in [0.29, 0.717) is 5.01 Å². The highest BCUT2D eigenvalue weighted by Crippen LogP contribution is 2.20. The summed E-state index contributed by atoms with van der Waals surface area (Å²) < 4.78 is 26.7. The summed E-state index contributed by atoms with van der Waals surface area (Å²) >= 11 is 1.44. The molecule has 1 unspecified atom stereocenters. The normalized spacial score (nSPS) is 13.4. The molecule has 2 rings (SSSR count). The van der Waals surface area contributed by atoms with Crippen LogP contribution in [0.3, 0.4) is 0 Å². The predicted octanol–water partition coefficient (Wildman–Crippen LogP) is 1.18. The SMILES string of the molecule is Cc1cnc(C(C)NS(=O)(=O)c2ccc(=O)[nH]c2)s1. The van der Waals surface area contributed by atoms with Crippen molar-refractivity contribution in [1.82, 2.24) is 14.7 Å². The third-order valence-electron chi connectivity index (χ3n) is 2.41. The number of hydrogen-bond acceptors (Lipinski definition) is 5. The first-order valence-corrected chi connectivity index (χ1v) is 7.82. The minimum atomic E-state index is -3.67. The van der Waals surface area contributed by atoms with Gasteiger partial charge in [-0.15, -0.1) is 11.3 Å². The third kappa shape index (κ3) is 3.28. The second-order valence-electron chi connectivity index (χ2n) is 4.04. The molecule has 0 saturated heterocycles. The molecule has 0 aromatic carbocycles. The number of nitrogens with zero attached hydrogens (tertiary/aromatic N) is 1. The second kappa shape index (κ2) is 5.24. The minimum absolute atomic E-state index is 0.0206. The van der Waals surface area contributed by atoms with Crippen LogP contribution in [0.1, 0.15) is 22.9 Å². The number of rotatable bonds is 4. The van der Waals surface area contributed by atoms with Gasteiger partial charge in [-0.25, -0.2) is 18.1 Å². The van der Waals surface area contributed by atoms with E-state index in [1.54, 1.807) is 13.1 Å². The van der Waals surface area contributed by atoms with Crippen LogP contribution in [-0.4, -0.2) is 18.4 Å². The van der Waals surface area contributed by atoms with Gasteiger partial charge in [-0.1, -0.05) is 0 Å². The van der Waals surface area contributed by atoms with Gasteiger partial charge in [0.25, 0.3) is 0 Å². The standard InChI is InChI=1S/C11H13N3O3S2/c1-7-5-13-11(18-7)8(2)14-19(16,17)9-3-4-10(15)12-6-9/h3-6,8,14H,1-2H3,(H,12,15). The Morgan fingerprint density at radius 3 is 2.68 bits per heavy atom. The summed E-state index contributed by atoms with van der Waals surface area (Å²) in [5.41, 5.74) is -0.345. The van der Waals surface area contributed by atoms with Gasteiger partial charge in [-0.2, -0.15) is 0 Å². The van der Waals surface area contributed by atoms with Crippen LogP contribution >= 0.6 is 11.3 Å². The zero-order valence-electron chi connectivity index (χ0n) is 10.4. The number of H-pyrrole nitrogens is 1. The molecule has 102 valence electrons. The van der Waals surface area contributed by atoms with E-state index in [-0.39, 0.29) is 10.5 Å². The zero-order chi connectivity index (χ0) is 14.0. The number of pyridine rings is 1. The van der Waals surface area contributed by atoms with Crippen molar-refractivity contribution in [2.45, 2.75) is 24.8 Å². The Kier molecular flexibility index (Phi) is 3.83. The Bertz CT molecular complexity index is 713. The van der Waals surface area contributed by atoms with E-state index in [0.717, 1.165) is 4.88 Å². The molecular formula is C11H13N3O3S2. The molecule has 0 spiro atoms. The van der Waals surface area contributed by atoms with Crippen LogP contribution in [0.4, 0.5) is 0 Å². The number of aromatic amines is 1. The van der Waals surface area contributed by atoms with Crippen LogP contribution in [-0.2, 0) is 10.0 Å². The molecule has 8 heteroatoms. The minimum Gasteiger partial charge on any atom is -0.328 e. The molecule has 2 heterocycles. The maximum atomic E-state index is 12.1. The molecule has 6 nitrogen and oxygen atoms in total. The van der Waals surface area contributed by atoms with Crippen LogP contribution in [0.25, 0.3) is 0 Å². The first kappa shape index (κ1) is 13.9. The molecule has 0 radical (unpaired) electrons. The summed E-state index contributed by atoms with van der Waals surface area (Å²) in [5, 5.41) is 0.700. The molecule has 0 aliphatic heterocycles. The molecule has 0 amide bonds. The van der Waals surface area contributed by atoms with E-state index in [4.69, 9.17) is 0 Å². The average molecular weight is 299 g/mol. The lowest BCUT2D eigenvalue weighted by Gasteiger charge is -2.11. The Morgan fingerprint density at radius 1 is 1.42 bits per heavy atom. The lowest BCUT2D eigenvalue weighted by Crippen LogP contribution is -2.27. The first-order valence-electron chi connectivity index (χ1n) is 5.52. The Hall–Kier alpha value is -1.51. The fourth-order valence-corrected chi connectivity index (χ4v) is 3.51. The van der Waals surface area contributed by atoms with Crippen LogP contribution in [0.2, 0.25) is 0 Å². The number of aryl methyl sites for hydroxylation is 1. The highest BCUT2D eigenvalue weighted by molar-refractivity contribution is 7.89. The highest BCUT2D eigenvalue weighted by atomic mass is 32.2. The molecule has 2 aromatic rings. The van der Waals surface area contributed by atoms with Crippen molar-refractivity contribution in [2.24, 2.45) is 0 Å². The molecule has 2 N–H and O–H groups in total. The van der Waals surface area contributed by atoms with E-state index >= 15 is 0 Å². The quantitative estimate of drug-likeness (QED) is 0.886. The van der Waals surface area contributed by atoms with Gasteiger partial charge in [0.15, 0.2) is 0 Å². The van der Waals surface area contributed by atoms with Gasteiger partial charge in [0.2, 0.25) is 15.6 Å². The Labute approximate surface area is 114 Å². The predicted molar refractivity (Wildman–Crippen MR) is 72.7 cm³/mol. The maximum Gasteiger partial charge on any atom is 0.247 e. The lowest BCUT2D eigenvalue weighted by molar-refractivity contribution is 0.566. The van der Waals surface area contributed by atoms with E-state index in [1.807, 2.05) is 6.92 Å². The average Bonchev–Trinajstić information content (AvgIpc) is 2.76. The smallest absolute Gasteiger partial charge is 0.247 e. The molecule has 0 fully saturated rings. The number of sulfonamides is 1. The highest BCUT2D eigenvalue weighted by Gasteiger charge is 2.20. The van der Waals surface area contributed by atoms with E-state index in [9.17, 15) is 13.2 Å². The molecular weight excluding hydrogens is 286 g/mol. The van der Waals surface area contributed by atoms with Gasteiger partial charge in [0, 0.05) is 23.3 Å². The van der Waals surface area contributed by atoms with Crippen molar-refractivity contribution < 1.29 is 8.42 Å². The molecule has 19 heavy (non-hydrogen) atoms. The molecule has 2 aromatic heterocycles. The number of nitrogens with one attached hydrogen (secondary N) is 2. The Balaban J connectivity index is 2.22. The number of hydrogen-bond donors (Lipinski definition) is 2. The maximum absolute atomic E-state index is 12.1. The van der Waals surface area contributed by atoms with Gasteiger partial charge in [0.1, 0.15) is 5.01 Å². The summed E-state index contributed by atoms with van der Waals surface area (Å²) in [6.45, 7) is 3.63. The van der Waals surface area contributed by atoms with Gasteiger partial charge in [-0.3, -0.25) is 4.79 Å². The van der Waals surface area contributed by atoms with Crippen LogP contribution in [0, 0.1) is 6.92 Å². The second-order valence-corrected chi connectivity index (χ2v) is 7.02. The lowest BCUT2D eigenvalue weighted by atomic mass is 10.4. The zero-order valence-corrected chi connectivity index (χ0v) is 12.0. The fourth-order valence-electron chi connectivity index (χ4n) is 1.49.